The highest BCUT2D eigenvalue weighted by molar-refractivity contribution is 7.26. The van der Waals surface area contributed by atoms with Crippen LogP contribution < -0.4 is 0 Å². The summed E-state index contributed by atoms with van der Waals surface area (Å²) in [7, 11) is 0. The minimum atomic E-state index is -2.51. The summed E-state index contributed by atoms with van der Waals surface area (Å²) in [5, 5.41) is 0.523. The second-order valence-electron chi connectivity index (χ2n) is 13.0. The molecule has 2 nitrogen and oxygen atoms in total. The maximum absolute atomic E-state index is 10.0. The Labute approximate surface area is 362 Å². The summed E-state index contributed by atoms with van der Waals surface area (Å²) in [5.41, 5.74) is -5.28. The number of fused-ring (bicyclic) bond motifs is 13. The van der Waals surface area contributed by atoms with Gasteiger partial charge in [-0.25, -0.2) is 9.97 Å². The molecule has 2 heterocycles. The second-order valence-corrected chi connectivity index (χ2v) is 14.1. The zero-order chi connectivity index (χ0) is 57.7. The molecule has 260 valence electrons. The lowest BCUT2D eigenvalue weighted by atomic mass is 9.70. The fraction of sp³-hybridized carbons (Fsp3) is 0.0189. The van der Waals surface area contributed by atoms with Gasteiger partial charge in [-0.2, -0.15) is 0 Å². The number of benzene rings is 8. The van der Waals surface area contributed by atoms with Crippen molar-refractivity contribution in [1.29, 1.82) is 0 Å². The summed E-state index contributed by atoms with van der Waals surface area (Å²) in [6, 6.07) is -5.38. The summed E-state index contributed by atoms with van der Waals surface area (Å²) in [6.45, 7) is 0. The average molecular weight is 753 g/mol. The van der Waals surface area contributed by atoms with E-state index in [2.05, 4.69) is 9.97 Å². The highest BCUT2D eigenvalue weighted by Gasteiger charge is 2.51. The van der Waals surface area contributed by atoms with Gasteiger partial charge >= 0.3 is 0 Å². The van der Waals surface area contributed by atoms with E-state index in [9.17, 15) is 9.60 Å². The Kier molecular flexibility index (Phi) is 3.45. The van der Waals surface area contributed by atoms with Crippen LogP contribution in [0.5, 0.6) is 0 Å². The van der Waals surface area contributed by atoms with Crippen molar-refractivity contribution in [2.45, 2.75) is 5.41 Å². The fourth-order valence-corrected chi connectivity index (χ4v) is 8.98. The minimum absolute atomic E-state index is 0.126. The molecule has 3 heteroatoms. The number of hydrogen-bond acceptors (Lipinski definition) is 3. The van der Waals surface area contributed by atoms with Crippen LogP contribution in [0, 0.1) is 0 Å². The lowest BCUT2D eigenvalue weighted by Gasteiger charge is -2.30. The molecular weight excluding hydrogens is 697 g/mol. The summed E-state index contributed by atoms with van der Waals surface area (Å²) in [6.07, 6.45) is 1.29. The molecule has 0 aliphatic heterocycles. The van der Waals surface area contributed by atoms with Crippen molar-refractivity contribution >= 4 is 31.6 Å². The maximum Gasteiger partial charge on any atom is 0.116 e. The standard InChI is InChI=1S/C53H32N2S/c1-2-11-33(12-3-1)34-21-23-35(24-22-34)37-26-28-49-44(31-37)51-52(56-49)50(54-32-55-51)39-14-10-13-36(29-39)38-25-27-48-43(30-38)42-17-6-9-20-47(42)53(48)45-18-7-4-15-40(45)41-16-5-8-19-46(41)53/h1-32H/i1D,2D,3D,4D,5D,6D,7D,8D,9D,11D,12D,15D,16D,17D,18D,19D,20D,21D,22D,23D,24D,25D,27D,30D. The van der Waals surface area contributed by atoms with Gasteiger partial charge in [0.1, 0.15) is 6.33 Å². The van der Waals surface area contributed by atoms with Gasteiger partial charge in [0.15, 0.2) is 0 Å². The van der Waals surface area contributed by atoms with Gasteiger partial charge < -0.3 is 0 Å². The van der Waals surface area contributed by atoms with Crippen molar-refractivity contribution < 1.29 is 32.9 Å². The van der Waals surface area contributed by atoms with Gasteiger partial charge in [0.25, 0.3) is 0 Å². The van der Waals surface area contributed by atoms with E-state index in [-0.39, 0.29) is 44.5 Å². The van der Waals surface area contributed by atoms with Crippen LogP contribution in [0.2, 0.25) is 0 Å². The molecule has 2 aliphatic carbocycles. The first kappa shape index (κ1) is 16.0. The highest BCUT2D eigenvalue weighted by Crippen LogP contribution is 2.63. The number of rotatable bonds is 4. The third-order valence-corrected chi connectivity index (χ3v) is 11.4. The van der Waals surface area contributed by atoms with E-state index in [1.165, 1.54) is 17.7 Å². The van der Waals surface area contributed by atoms with Crippen molar-refractivity contribution in [3.63, 3.8) is 0 Å². The molecule has 8 aromatic carbocycles. The summed E-state index contributed by atoms with van der Waals surface area (Å²) in [5.74, 6) is 0. The molecule has 0 fully saturated rings. The van der Waals surface area contributed by atoms with Gasteiger partial charge in [-0.15, -0.1) is 11.3 Å². The molecule has 0 atom stereocenters. The number of hydrogen-bond donors (Lipinski definition) is 0. The largest absolute Gasteiger partial charge is 0.235 e. The molecule has 56 heavy (non-hydrogen) atoms. The van der Waals surface area contributed by atoms with E-state index in [0.29, 0.717) is 31.6 Å². The van der Waals surface area contributed by atoms with Gasteiger partial charge in [0.2, 0.25) is 0 Å². The molecule has 0 saturated heterocycles. The Hall–Kier alpha value is -6.94. The Morgan fingerprint density at radius 2 is 1.00 bits per heavy atom. The van der Waals surface area contributed by atoms with Crippen LogP contribution in [0.1, 0.15) is 55.2 Å². The first-order valence-corrected chi connectivity index (χ1v) is 18.0. The molecule has 12 rings (SSSR count). The van der Waals surface area contributed by atoms with Crippen LogP contribution in [0.3, 0.4) is 0 Å². The predicted octanol–water partition coefficient (Wildman–Crippen LogP) is 13.9. The van der Waals surface area contributed by atoms with Crippen LogP contribution in [0.15, 0.2) is 194 Å². The topological polar surface area (TPSA) is 25.8 Å². The minimum Gasteiger partial charge on any atom is -0.235 e. The lowest BCUT2D eigenvalue weighted by Crippen LogP contribution is -2.25. The van der Waals surface area contributed by atoms with Crippen LogP contribution in [-0.4, -0.2) is 9.97 Å². The zero-order valence-electron chi connectivity index (χ0n) is 52.4. The Balaban J connectivity index is 1.06. The van der Waals surface area contributed by atoms with E-state index in [0.717, 1.165) is 0 Å². The van der Waals surface area contributed by atoms with Crippen LogP contribution >= 0.6 is 11.3 Å². The Morgan fingerprint density at radius 3 is 1.71 bits per heavy atom. The summed E-state index contributed by atoms with van der Waals surface area (Å²) >= 11 is 1.27. The second kappa shape index (κ2) is 12.0. The number of aromatic nitrogens is 2. The molecule has 2 aromatic heterocycles. The molecule has 0 unspecified atom stereocenters. The van der Waals surface area contributed by atoms with Gasteiger partial charge in [0, 0.05) is 15.6 Å². The molecule has 0 radical (unpaired) electrons. The lowest BCUT2D eigenvalue weighted by molar-refractivity contribution is 0.794. The van der Waals surface area contributed by atoms with Gasteiger partial charge in [-0.1, -0.05) is 163 Å². The SMILES string of the molecule is [2H]c1c([2H])c([2H])c(-c2c([2H])c([2H])c(-c3ccc4sc5c(-c6cccc(-c7c([2H])c([2H])c8c(c7[2H])-c7c([2H])c([2H])c([2H])c([2H])c7C87c8c([2H])c([2H])c([2H])c([2H])c8-c8c([2H])c([2H])c([2H])c([2H])c87)c6)ncnc5c4c3)c([2H])c2[2H])c([2H])c1[2H]. The highest BCUT2D eigenvalue weighted by atomic mass is 32.1. The van der Waals surface area contributed by atoms with Gasteiger partial charge in [0.05, 0.1) is 54.2 Å². The van der Waals surface area contributed by atoms with Crippen LogP contribution in [-0.2, 0) is 5.41 Å². The van der Waals surface area contributed by atoms with Crippen LogP contribution in [0.25, 0.3) is 87.2 Å². The number of thiophene rings is 1. The normalized spacial score (nSPS) is 19.1. The average Bonchev–Trinajstić information content (AvgIpc) is 2.57. The van der Waals surface area contributed by atoms with E-state index in [1.807, 2.05) is 0 Å². The van der Waals surface area contributed by atoms with Gasteiger partial charge in [-0.3, -0.25) is 0 Å². The van der Waals surface area contributed by atoms with Crippen molar-refractivity contribution in [3.8, 4) is 66.9 Å². The molecule has 0 saturated carbocycles. The van der Waals surface area contributed by atoms with E-state index in [4.69, 9.17) is 23.3 Å². The van der Waals surface area contributed by atoms with Crippen molar-refractivity contribution in [3.05, 3.63) is 216 Å². The van der Waals surface area contributed by atoms with Gasteiger partial charge in [-0.05, 0) is 102 Å². The van der Waals surface area contributed by atoms with Crippen LogP contribution in [0.4, 0.5) is 0 Å². The van der Waals surface area contributed by atoms with E-state index < -0.39 is 184 Å². The first-order chi connectivity index (χ1) is 37.7. The van der Waals surface area contributed by atoms with Crippen molar-refractivity contribution in [1.82, 2.24) is 9.97 Å². The van der Waals surface area contributed by atoms with Crippen molar-refractivity contribution in [2.24, 2.45) is 0 Å². The molecule has 10 aromatic rings. The Bertz CT molecular complexity index is 4480. The predicted molar refractivity (Wildman–Crippen MR) is 233 cm³/mol. The maximum atomic E-state index is 10.0. The number of nitrogens with zero attached hydrogens (tertiary/aromatic N) is 2. The fourth-order valence-electron chi connectivity index (χ4n) is 7.83. The van der Waals surface area contributed by atoms with Crippen molar-refractivity contribution in [2.75, 3.05) is 0 Å². The Morgan fingerprint density at radius 1 is 0.446 bits per heavy atom. The zero-order valence-corrected chi connectivity index (χ0v) is 29.2. The third-order valence-electron chi connectivity index (χ3n) is 10.2. The van der Waals surface area contributed by atoms with E-state index >= 15 is 0 Å². The summed E-state index contributed by atoms with van der Waals surface area (Å²) in [4.78, 5) is 9.21. The molecule has 2 aliphatic rings. The molecular formula is C53H32N2S. The smallest absolute Gasteiger partial charge is 0.116 e. The molecule has 0 amide bonds. The summed E-state index contributed by atoms with van der Waals surface area (Å²) < 4.78 is 217. The quantitative estimate of drug-likeness (QED) is 0.179. The molecule has 0 N–H and O–H groups in total. The molecule has 1 spiro atoms. The monoisotopic (exact) mass is 752 g/mol. The van der Waals surface area contributed by atoms with E-state index in [1.54, 1.807) is 42.5 Å². The third kappa shape index (κ3) is 4.43. The molecule has 0 bridgehead atoms. The first-order valence-electron chi connectivity index (χ1n) is 29.2.